The van der Waals surface area contributed by atoms with Crippen LogP contribution in [-0.2, 0) is 9.53 Å². The van der Waals surface area contributed by atoms with Crippen LogP contribution in [0.1, 0.15) is 39.2 Å². The van der Waals surface area contributed by atoms with E-state index in [9.17, 15) is 22.4 Å². The molecule has 0 spiro atoms. The zero-order valence-electron chi connectivity index (χ0n) is 12.3. The molecule has 118 valence electrons. The molecule has 0 aliphatic carbocycles. The van der Waals surface area contributed by atoms with Gasteiger partial charge in [-0.25, -0.2) is 4.39 Å². The number of esters is 1. The average molecular weight is 306 g/mol. The van der Waals surface area contributed by atoms with E-state index in [0.717, 1.165) is 19.1 Å². The Morgan fingerprint density at radius 3 is 1.95 bits per heavy atom. The number of hydrogen-bond acceptors (Lipinski definition) is 2. The number of benzene rings is 1. The summed E-state index contributed by atoms with van der Waals surface area (Å²) in [5.41, 5.74) is -0.823. The second kappa shape index (κ2) is 6.03. The lowest BCUT2D eigenvalue weighted by Crippen LogP contribution is -2.35. The summed E-state index contributed by atoms with van der Waals surface area (Å²) >= 11 is 0. The van der Waals surface area contributed by atoms with Gasteiger partial charge in [-0.1, -0.05) is 19.1 Å². The molecule has 2 unspecified atom stereocenters. The minimum atomic E-state index is -4.56. The lowest BCUT2D eigenvalue weighted by Gasteiger charge is -2.28. The molecule has 0 aliphatic heterocycles. The Balaban J connectivity index is 3.17. The number of rotatable bonds is 3. The maximum atomic E-state index is 13.0. The molecule has 0 fully saturated rings. The van der Waals surface area contributed by atoms with Crippen LogP contribution in [0.2, 0.25) is 0 Å². The van der Waals surface area contributed by atoms with E-state index >= 15 is 0 Å². The van der Waals surface area contributed by atoms with Crippen LogP contribution in [0, 0.1) is 11.7 Å². The first-order valence-corrected chi connectivity index (χ1v) is 6.47. The molecule has 1 aromatic carbocycles. The normalized spacial score (nSPS) is 15.4. The lowest BCUT2D eigenvalue weighted by atomic mass is 9.86. The molecule has 0 saturated heterocycles. The molecular weight excluding hydrogens is 288 g/mol. The third kappa shape index (κ3) is 5.02. The zero-order valence-corrected chi connectivity index (χ0v) is 12.3. The molecule has 0 saturated carbocycles. The van der Waals surface area contributed by atoms with E-state index in [-0.39, 0.29) is 5.56 Å². The maximum absolute atomic E-state index is 13.0. The first-order chi connectivity index (χ1) is 9.42. The van der Waals surface area contributed by atoms with Gasteiger partial charge < -0.3 is 4.74 Å². The van der Waals surface area contributed by atoms with Gasteiger partial charge in [0.2, 0.25) is 0 Å². The van der Waals surface area contributed by atoms with Crippen molar-refractivity contribution in [3.8, 4) is 0 Å². The highest BCUT2D eigenvalue weighted by Crippen LogP contribution is 2.38. The minimum Gasteiger partial charge on any atom is -0.459 e. The first-order valence-electron chi connectivity index (χ1n) is 6.47. The van der Waals surface area contributed by atoms with E-state index in [2.05, 4.69) is 0 Å². The topological polar surface area (TPSA) is 26.3 Å². The van der Waals surface area contributed by atoms with Gasteiger partial charge >= 0.3 is 12.1 Å². The van der Waals surface area contributed by atoms with Gasteiger partial charge in [0, 0.05) is 0 Å². The SMILES string of the molecule is CC(C(C(=O)OC(C)(C)C)c1ccc(F)cc1)C(F)(F)F. The Morgan fingerprint density at radius 1 is 1.10 bits per heavy atom. The lowest BCUT2D eigenvalue weighted by molar-refractivity contribution is -0.190. The van der Waals surface area contributed by atoms with Crippen molar-refractivity contribution < 1.29 is 27.1 Å². The van der Waals surface area contributed by atoms with E-state index < -0.39 is 35.4 Å². The van der Waals surface area contributed by atoms with Crippen molar-refractivity contribution in [1.82, 2.24) is 0 Å². The van der Waals surface area contributed by atoms with Crippen molar-refractivity contribution in [3.05, 3.63) is 35.6 Å². The number of halogens is 4. The van der Waals surface area contributed by atoms with Crippen LogP contribution in [0.5, 0.6) is 0 Å². The molecule has 6 heteroatoms. The maximum Gasteiger partial charge on any atom is 0.392 e. The monoisotopic (exact) mass is 306 g/mol. The van der Waals surface area contributed by atoms with Crippen molar-refractivity contribution in [2.24, 2.45) is 5.92 Å². The molecule has 0 bridgehead atoms. The van der Waals surface area contributed by atoms with Gasteiger partial charge in [-0.15, -0.1) is 0 Å². The molecule has 1 rings (SSSR count). The van der Waals surface area contributed by atoms with Crippen LogP contribution in [0.4, 0.5) is 17.6 Å². The van der Waals surface area contributed by atoms with Gasteiger partial charge in [0.1, 0.15) is 11.4 Å². The molecule has 2 atom stereocenters. The zero-order chi connectivity index (χ0) is 16.4. The van der Waals surface area contributed by atoms with E-state index in [1.165, 1.54) is 12.1 Å². The highest BCUT2D eigenvalue weighted by atomic mass is 19.4. The van der Waals surface area contributed by atoms with Crippen LogP contribution in [0.15, 0.2) is 24.3 Å². The Kier molecular flexibility index (Phi) is 5.02. The molecule has 0 radical (unpaired) electrons. The standard InChI is InChI=1S/C15H18F4O2/c1-9(15(17,18)19)12(13(20)21-14(2,3)4)10-5-7-11(16)8-6-10/h5-9,12H,1-4H3. The van der Waals surface area contributed by atoms with Gasteiger partial charge in [-0.2, -0.15) is 13.2 Å². The van der Waals surface area contributed by atoms with Crippen molar-refractivity contribution in [1.29, 1.82) is 0 Å². The fourth-order valence-electron chi connectivity index (χ4n) is 1.85. The Bertz CT molecular complexity index is 486. The number of carbonyl (C=O) groups excluding carboxylic acids is 1. The van der Waals surface area contributed by atoms with E-state index in [0.29, 0.717) is 0 Å². The fourth-order valence-corrected chi connectivity index (χ4v) is 1.85. The largest absolute Gasteiger partial charge is 0.459 e. The molecule has 1 aromatic rings. The predicted octanol–water partition coefficient (Wildman–Crippen LogP) is 4.45. The van der Waals surface area contributed by atoms with Crippen LogP contribution >= 0.6 is 0 Å². The van der Waals surface area contributed by atoms with Crippen LogP contribution in [0.25, 0.3) is 0 Å². The molecule has 21 heavy (non-hydrogen) atoms. The number of hydrogen-bond donors (Lipinski definition) is 0. The summed E-state index contributed by atoms with van der Waals surface area (Å²) in [6, 6.07) is 4.39. The summed E-state index contributed by atoms with van der Waals surface area (Å²) < 4.78 is 56.9. The Morgan fingerprint density at radius 2 is 1.57 bits per heavy atom. The highest BCUT2D eigenvalue weighted by molar-refractivity contribution is 5.79. The van der Waals surface area contributed by atoms with Crippen molar-refractivity contribution in [2.75, 3.05) is 0 Å². The second-order valence-corrected chi connectivity index (χ2v) is 5.89. The predicted molar refractivity (Wildman–Crippen MR) is 70.2 cm³/mol. The van der Waals surface area contributed by atoms with Gasteiger partial charge in [0.05, 0.1) is 11.8 Å². The Hall–Kier alpha value is -1.59. The van der Waals surface area contributed by atoms with Crippen molar-refractivity contribution in [2.45, 2.75) is 45.4 Å². The quantitative estimate of drug-likeness (QED) is 0.609. The summed E-state index contributed by atoms with van der Waals surface area (Å²) in [5, 5.41) is 0. The van der Waals surface area contributed by atoms with Crippen LogP contribution in [0.3, 0.4) is 0 Å². The van der Waals surface area contributed by atoms with Crippen LogP contribution < -0.4 is 0 Å². The smallest absolute Gasteiger partial charge is 0.392 e. The van der Waals surface area contributed by atoms with Gasteiger partial charge in [0.15, 0.2) is 0 Å². The molecule has 0 aliphatic rings. The number of ether oxygens (including phenoxy) is 1. The fraction of sp³-hybridized carbons (Fsp3) is 0.533. The summed E-state index contributed by atoms with van der Waals surface area (Å²) in [4.78, 5) is 12.1. The van der Waals surface area contributed by atoms with Crippen molar-refractivity contribution in [3.63, 3.8) is 0 Å². The van der Waals surface area contributed by atoms with Gasteiger partial charge in [-0.05, 0) is 38.5 Å². The average Bonchev–Trinajstić information content (AvgIpc) is 2.28. The van der Waals surface area contributed by atoms with Crippen LogP contribution in [-0.4, -0.2) is 17.7 Å². The molecule has 0 N–H and O–H groups in total. The number of alkyl halides is 3. The first kappa shape index (κ1) is 17.5. The summed E-state index contributed by atoms with van der Waals surface area (Å²) in [5.74, 6) is -5.01. The third-order valence-electron chi connectivity index (χ3n) is 2.91. The minimum absolute atomic E-state index is 0.0791. The highest BCUT2D eigenvalue weighted by Gasteiger charge is 2.46. The van der Waals surface area contributed by atoms with E-state index in [1.54, 1.807) is 20.8 Å². The molecule has 0 amide bonds. The summed E-state index contributed by atoms with van der Waals surface area (Å²) in [6.45, 7) is 5.64. The Labute approximate surface area is 121 Å². The molecule has 0 heterocycles. The second-order valence-electron chi connectivity index (χ2n) is 5.89. The summed E-state index contributed by atoms with van der Waals surface area (Å²) in [6.07, 6.45) is -4.56. The number of carbonyl (C=O) groups is 1. The third-order valence-corrected chi connectivity index (χ3v) is 2.91. The molecular formula is C15H18F4O2. The van der Waals surface area contributed by atoms with E-state index in [4.69, 9.17) is 4.74 Å². The molecule has 2 nitrogen and oxygen atoms in total. The van der Waals surface area contributed by atoms with Gasteiger partial charge in [-0.3, -0.25) is 4.79 Å². The van der Waals surface area contributed by atoms with E-state index in [1.807, 2.05) is 0 Å². The van der Waals surface area contributed by atoms with Crippen molar-refractivity contribution >= 4 is 5.97 Å². The molecule has 0 aromatic heterocycles. The van der Waals surface area contributed by atoms with Gasteiger partial charge in [0.25, 0.3) is 0 Å². The summed E-state index contributed by atoms with van der Waals surface area (Å²) in [7, 11) is 0.